The lowest BCUT2D eigenvalue weighted by Crippen LogP contribution is -2.27. The molecule has 0 aromatic carbocycles. The molecule has 2 rings (SSSR count). The van der Waals surface area contributed by atoms with Crippen molar-refractivity contribution in [3.63, 3.8) is 0 Å². The van der Waals surface area contributed by atoms with Crippen LogP contribution in [0.25, 0.3) is 11.4 Å². The molecule has 100 valence electrons. The predicted molar refractivity (Wildman–Crippen MR) is 76.9 cm³/mol. The summed E-state index contributed by atoms with van der Waals surface area (Å²) in [5.41, 5.74) is 7.63. The second kappa shape index (κ2) is 5.79. The van der Waals surface area contributed by atoms with Crippen LogP contribution in [0.4, 0.5) is 5.69 Å². The van der Waals surface area contributed by atoms with Crippen LogP contribution in [0.1, 0.15) is 23.5 Å². The quantitative estimate of drug-likeness (QED) is 0.896. The number of carbonyl (C=O) groups excluding carboxylic acids is 1. The maximum absolute atomic E-state index is 12.0. The summed E-state index contributed by atoms with van der Waals surface area (Å²) in [4.78, 5) is 16.6. The SMILES string of the molecule is CC(C)CNC(=O)c1snc(-c2ccccn2)c1N. The smallest absolute Gasteiger partial charge is 0.265 e. The summed E-state index contributed by atoms with van der Waals surface area (Å²) < 4.78 is 4.23. The van der Waals surface area contributed by atoms with E-state index in [1.165, 1.54) is 0 Å². The molecule has 0 unspecified atom stereocenters. The minimum atomic E-state index is -0.175. The zero-order chi connectivity index (χ0) is 13.8. The fraction of sp³-hybridized carbons (Fsp3) is 0.308. The van der Waals surface area contributed by atoms with Crippen LogP contribution in [-0.4, -0.2) is 21.8 Å². The first-order valence-electron chi connectivity index (χ1n) is 6.04. The summed E-state index contributed by atoms with van der Waals surface area (Å²) >= 11 is 1.10. The Morgan fingerprint density at radius 2 is 2.26 bits per heavy atom. The Balaban J connectivity index is 2.21. The van der Waals surface area contributed by atoms with Gasteiger partial charge >= 0.3 is 0 Å². The lowest BCUT2D eigenvalue weighted by molar-refractivity contribution is 0.0954. The van der Waals surface area contributed by atoms with Crippen molar-refractivity contribution in [1.82, 2.24) is 14.7 Å². The van der Waals surface area contributed by atoms with E-state index in [9.17, 15) is 4.79 Å². The fourth-order valence-electron chi connectivity index (χ4n) is 1.53. The molecule has 0 atom stereocenters. The van der Waals surface area contributed by atoms with Crippen LogP contribution >= 0.6 is 11.5 Å². The van der Waals surface area contributed by atoms with E-state index < -0.39 is 0 Å². The van der Waals surface area contributed by atoms with E-state index >= 15 is 0 Å². The number of amides is 1. The van der Waals surface area contributed by atoms with Gasteiger partial charge in [-0.15, -0.1) is 0 Å². The zero-order valence-electron chi connectivity index (χ0n) is 10.9. The van der Waals surface area contributed by atoms with Crippen molar-refractivity contribution in [2.75, 3.05) is 12.3 Å². The number of nitrogens with zero attached hydrogens (tertiary/aromatic N) is 2. The molecule has 0 spiro atoms. The Bertz CT molecular complexity index is 565. The minimum Gasteiger partial charge on any atom is -0.396 e. The van der Waals surface area contributed by atoms with Crippen molar-refractivity contribution in [3.8, 4) is 11.4 Å². The van der Waals surface area contributed by atoms with E-state index in [0.29, 0.717) is 34.4 Å². The van der Waals surface area contributed by atoms with E-state index in [4.69, 9.17) is 5.73 Å². The molecule has 0 aliphatic rings. The Morgan fingerprint density at radius 1 is 1.47 bits per heavy atom. The molecule has 3 N–H and O–H groups in total. The first kappa shape index (κ1) is 13.5. The van der Waals surface area contributed by atoms with Gasteiger partial charge in [-0.25, -0.2) is 0 Å². The molecule has 0 fully saturated rings. The lowest BCUT2D eigenvalue weighted by atomic mass is 10.2. The number of nitrogens with two attached hydrogens (primary N) is 1. The van der Waals surface area contributed by atoms with Crippen molar-refractivity contribution in [1.29, 1.82) is 0 Å². The third-order valence-corrected chi connectivity index (χ3v) is 3.37. The highest BCUT2D eigenvalue weighted by Crippen LogP contribution is 2.29. The van der Waals surface area contributed by atoms with Gasteiger partial charge in [-0.1, -0.05) is 19.9 Å². The Morgan fingerprint density at radius 3 is 2.89 bits per heavy atom. The van der Waals surface area contributed by atoms with Crippen molar-refractivity contribution in [2.24, 2.45) is 5.92 Å². The molecule has 2 aromatic heterocycles. The normalized spacial score (nSPS) is 10.7. The summed E-state index contributed by atoms with van der Waals surface area (Å²) in [6.45, 7) is 4.69. The molecular weight excluding hydrogens is 260 g/mol. The van der Waals surface area contributed by atoms with Crippen molar-refractivity contribution in [2.45, 2.75) is 13.8 Å². The summed E-state index contributed by atoms with van der Waals surface area (Å²) in [6.07, 6.45) is 1.67. The van der Waals surface area contributed by atoms with E-state index in [1.54, 1.807) is 6.20 Å². The Hall–Kier alpha value is -1.95. The van der Waals surface area contributed by atoms with Crippen LogP contribution in [0.2, 0.25) is 0 Å². The van der Waals surface area contributed by atoms with E-state index in [1.807, 2.05) is 32.0 Å². The Labute approximate surface area is 116 Å². The standard InChI is InChI=1S/C13H16N4OS/c1-8(2)7-16-13(18)12-10(14)11(17-19-12)9-5-3-4-6-15-9/h3-6,8H,7,14H2,1-2H3,(H,16,18). The summed E-state index contributed by atoms with van der Waals surface area (Å²) in [7, 11) is 0. The molecule has 0 bridgehead atoms. The molecule has 5 nitrogen and oxygen atoms in total. The summed E-state index contributed by atoms with van der Waals surface area (Å²) in [5, 5.41) is 2.84. The van der Waals surface area contributed by atoms with E-state index in [-0.39, 0.29) is 5.91 Å². The molecule has 0 saturated heterocycles. The first-order chi connectivity index (χ1) is 9.09. The highest BCUT2D eigenvalue weighted by Gasteiger charge is 2.18. The molecule has 0 saturated carbocycles. The van der Waals surface area contributed by atoms with Gasteiger partial charge in [0.05, 0.1) is 11.4 Å². The molecule has 6 heteroatoms. The average molecular weight is 276 g/mol. The van der Waals surface area contributed by atoms with Gasteiger partial charge in [-0.05, 0) is 29.6 Å². The molecule has 19 heavy (non-hydrogen) atoms. The van der Waals surface area contributed by atoms with Crippen LogP contribution in [0.3, 0.4) is 0 Å². The topological polar surface area (TPSA) is 80.9 Å². The van der Waals surface area contributed by atoms with Crippen LogP contribution in [0.5, 0.6) is 0 Å². The van der Waals surface area contributed by atoms with Crippen molar-refractivity contribution in [3.05, 3.63) is 29.3 Å². The molecule has 0 radical (unpaired) electrons. The number of aromatic nitrogens is 2. The number of pyridine rings is 1. The van der Waals surface area contributed by atoms with Gasteiger partial charge in [0, 0.05) is 12.7 Å². The number of nitrogens with one attached hydrogen (secondary N) is 1. The average Bonchev–Trinajstić information content (AvgIpc) is 2.79. The van der Waals surface area contributed by atoms with Gasteiger partial charge < -0.3 is 11.1 Å². The van der Waals surface area contributed by atoms with Crippen LogP contribution in [-0.2, 0) is 0 Å². The second-order valence-electron chi connectivity index (χ2n) is 4.59. The van der Waals surface area contributed by atoms with Crippen LogP contribution in [0.15, 0.2) is 24.4 Å². The third-order valence-electron chi connectivity index (χ3n) is 2.51. The predicted octanol–water partition coefficient (Wildman–Crippen LogP) is 2.17. The maximum Gasteiger partial charge on any atom is 0.265 e. The lowest BCUT2D eigenvalue weighted by Gasteiger charge is -2.06. The van der Waals surface area contributed by atoms with Gasteiger partial charge in [0.15, 0.2) is 0 Å². The van der Waals surface area contributed by atoms with Gasteiger partial charge in [0.25, 0.3) is 5.91 Å². The summed E-state index contributed by atoms with van der Waals surface area (Å²) in [5.74, 6) is 0.222. The largest absolute Gasteiger partial charge is 0.396 e. The summed E-state index contributed by atoms with van der Waals surface area (Å²) in [6, 6.07) is 5.50. The number of carbonyl (C=O) groups is 1. The third kappa shape index (κ3) is 3.08. The van der Waals surface area contributed by atoms with Crippen LogP contribution in [0, 0.1) is 5.92 Å². The second-order valence-corrected chi connectivity index (χ2v) is 5.37. The number of hydrogen-bond donors (Lipinski definition) is 2. The monoisotopic (exact) mass is 276 g/mol. The highest BCUT2D eigenvalue weighted by atomic mass is 32.1. The van der Waals surface area contributed by atoms with E-state index in [0.717, 1.165) is 11.5 Å². The van der Waals surface area contributed by atoms with Gasteiger partial charge in [0.2, 0.25) is 0 Å². The number of rotatable bonds is 4. The fourth-order valence-corrected chi connectivity index (χ4v) is 2.25. The first-order valence-corrected chi connectivity index (χ1v) is 6.81. The number of anilines is 1. The highest BCUT2D eigenvalue weighted by molar-refractivity contribution is 7.09. The van der Waals surface area contributed by atoms with Crippen molar-refractivity contribution >= 4 is 23.1 Å². The number of nitrogen functional groups attached to an aromatic ring is 1. The number of hydrogen-bond acceptors (Lipinski definition) is 5. The molecule has 2 heterocycles. The molecule has 1 amide bonds. The van der Waals surface area contributed by atoms with Gasteiger partial charge in [-0.2, -0.15) is 4.37 Å². The molecular formula is C13H16N4OS. The Kier molecular flexibility index (Phi) is 4.11. The minimum absolute atomic E-state index is 0.175. The van der Waals surface area contributed by atoms with Crippen molar-refractivity contribution < 1.29 is 4.79 Å². The zero-order valence-corrected chi connectivity index (χ0v) is 11.7. The molecule has 2 aromatic rings. The maximum atomic E-state index is 12.0. The molecule has 0 aliphatic carbocycles. The van der Waals surface area contributed by atoms with Crippen LogP contribution < -0.4 is 11.1 Å². The van der Waals surface area contributed by atoms with Gasteiger partial charge in [0.1, 0.15) is 10.6 Å². The molecule has 0 aliphatic heterocycles. The van der Waals surface area contributed by atoms with E-state index in [2.05, 4.69) is 14.7 Å². The van der Waals surface area contributed by atoms with Gasteiger partial charge in [-0.3, -0.25) is 9.78 Å².